The van der Waals surface area contributed by atoms with Crippen molar-refractivity contribution in [2.75, 3.05) is 20.3 Å². The normalized spacial score (nSPS) is 30.3. The van der Waals surface area contributed by atoms with Crippen molar-refractivity contribution in [3.05, 3.63) is 0 Å². The molecule has 0 aromatic rings. The summed E-state index contributed by atoms with van der Waals surface area (Å²) in [5.41, 5.74) is 0.578. The van der Waals surface area contributed by atoms with Crippen molar-refractivity contribution in [3.8, 4) is 0 Å². The molecule has 2 heteroatoms. The Labute approximate surface area is 67.9 Å². The smallest absolute Gasteiger partial charge is 0.0571 e. The molecule has 0 bridgehead atoms. The number of methoxy groups -OCH3 is 1. The van der Waals surface area contributed by atoms with Crippen molar-refractivity contribution < 1.29 is 9.47 Å². The highest BCUT2D eigenvalue weighted by atomic mass is 16.5. The lowest BCUT2D eigenvalue weighted by molar-refractivity contribution is -0.144. The Morgan fingerprint density at radius 1 is 1.27 bits per heavy atom. The summed E-state index contributed by atoms with van der Waals surface area (Å²) in [5, 5.41) is 0. The zero-order valence-electron chi connectivity index (χ0n) is 7.14. The molecule has 1 aliphatic carbocycles. The van der Waals surface area contributed by atoms with E-state index in [0.29, 0.717) is 11.5 Å². The molecule has 2 aliphatic rings. The summed E-state index contributed by atoms with van der Waals surface area (Å²) in [7, 11) is 1.82. The Bertz CT molecular complexity index is 130. The predicted molar refractivity (Wildman–Crippen MR) is 42.5 cm³/mol. The van der Waals surface area contributed by atoms with Crippen LogP contribution < -0.4 is 0 Å². The van der Waals surface area contributed by atoms with Crippen molar-refractivity contribution in [1.29, 1.82) is 0 Å². The highest BCUT2D eigenvalue weighted by Gasteiger charge is 2.41. The molecule has 2 nitrogen and oxygen atoms in total. The van der Waals surface area contributed by atoms with Crippen molar-refractivity contribution in [3.63, 3.8) is 0 Å². The summed E-state index contributed by atoms with van der Waals surface area (Å²) in [5.74, 6) is 0. The summed E-state index contributed by atoms with van der Waals surface area (Å²) < 4.78 is 10.6. The Morgan fingerprint density at radius 2 is 1.91 bits per heavy atom. The van der Waals surface area contributed by atoms with Gasteiger partial charge in [-0.1, -0.05) is 0 Å². The lowest BCUT2D eigenvalue weighted by Crippen LogP contribution is -2.46. The highest BCUT2D eigenvalue weighted by Crippen LogP contribution is 2.42. The maximum atomic E-state index is 5.31. The van der Waals surface area contributed by atoms with Crippen LogP contribution in [0.1, 0.15) is 25.7 Å². The number of rotatable bonds is 1. The van der Waals surface area contributed by atoms with Crippen LogP contribution in [-0.2, 0) is 9.47 Å². The van der Waals surface area contributed by atoms with Crippen LogP contribution >= 0.6 is 0 Å². The quantitative estimate of drug-likeness (QED) is 0.574. The van der Waals surface area contributed by atoms with Crippen molar-refractivity contribution in [2.24, 2.45) is 5.41 Å². The molecule has 1 saturated heterocycles. The Morgan fingerprint density at radius 3 is 2.27 bits per heavy atom. The molecule has 0 N–H and O–H groups in total. The van der Waals surface area contributed by atoms with Gasteiger partial charge in [-0.05, 0) is 25.7 Å². The molecular weight excluding hydrogens is 140 g/mol. The van der Waals surface area contributed by atoms with E-state index in [1.807, 2.05) is 7.11 Å². The largest absolute Gasteiger partial charge is 0.381 e. The second kappa shape index (κ2) is 2.76. The molecule has 2 fully saturated rings. The van der Waals surface area contributed by atoms with E-state index in [4.69, 9.17) is 9.47 Å². The standard InChI is InChI=1S/C9H16O2/c1-10-8-2-4-9(5-3-8)6-11-7-9/h8H,2-7H2,1H3. The molecule has 0 aromatic heterocycles. The molecule has 1 saturated carbocycles. The first-order chi connectivity index (χ1) is 5.35. The van der Waals surface area contributed by atoms with Crippen LogP contribution in [0.2, 0.25) is 0 Å². The predicted octanol–water partition coefficient (Wildman–Crippen LogP) is 1.59. The molecule has 0 atom stereocenters. The lowest BCUT2D eigenvalue weighted by atomic mass is 9.72. The fraction of sp³-hybridized carbons (Fsp3) is 1.00. The van der Waals surface area contributed by atoms with Gasteiger partial charge in [0.25, 0.3) is 0 Å². The topological polar surface area (TPSA) is 18.5 Å². The zero-order valence-corrected chi connectivity index (χ0v) is 7.14. The van der Waals surface area contributed by atoms with Crippen LogP contribution in [0.4, 0.5) is 0 Å². The molecular formula is C9H16O2. The van der Waals surface area contributed by atoms with E-state index in [1.54, 1.807) is 0 Å². The summed E-state index contributed by atoms with van der Waals surface area (Å²) in [6, 6.07) is 0. The van der Waals surface area contributed by atoms with Crippen LogP contribution in [0, 0.1) is 5.41 Å². The maximum absolute atomic E-state index is 5.31. The molecule has 2 rings (SSSR count). The first-order valence-corrected chi connectivity index (χ1v) is 4.45. The minimum Gasteiger partial charge on any atom is -0.381 e. The average Bonchev–Trinajstić information content (AvgIpc) is 2.02. The molecule has 1 spiro atoms. The fourth-order valence-electron chi connectivity index (χ4n) is 2.12. The summed E-state index contributed by atoms with van der Waals surface area (Å²) >= 11 is 0. The van der Waals surface area contributed by atoms with Crippen LogP contribution in [-0.4, -0.2) is 26.4 Å². The second-order valence-electron chi connectivity index (χ2n) is 3.93. The van der Waals surface area contributed by atoms with E-state index >= 15 is 0 Å². The summed E-state index contributed by atoms with van der Waals surface area (Å²) in [4.78, 5) is 0. The van der Waals surface area contributed by atoms with Gasteiger partial charge >= 0.3 is 0 Å². The Hall–Kier alpha value is -0.0800. The van der Waals surface area contributed by atoms with Gasteiger partial charge in [0.15, 0.2) is 0 Å². The third-order valence-corrected chi connectivity index (χ3v) is 3.14. The van der Waals surface area contributed by atoms with Crippen LogP contribution in [0.25, 0.3) is 0 Å². The third-order valence-electron chi connectivity index (χ3n) is 3.14. The van der Waals surface area contributed by atoms with E-state index in [9.17, 15) is 0 Å². The van der Waals surface area contributed by atoms with E-state index < -0.39 is 0 Å². The lowest BCUT2D eigenvalue weighted by Gasteiger charge is -2.45. The molecule has 0 amide bonds. The van der Waals surface area contributed by atoms with Crippen molar-refractivity contribution >= 4 is 0 Å². The van der Waals surface area contributed by atoms with E-state index in [1.165, 1.54) is 25.7 Å². The van der Waals surface area contributed by atoms with Crippen LogP contribution in [0.3, 0.4) is 0 Å². The maximum Gasteiger partial charge on any atom is 0.0571 e. The third kappa shape index (κ3) is 1.30. The van der Waals surface area contributed by atoms with Gasteiger partial charge in [-0.25, -0.2) is 0 Å². The van der Waals surface area contributed by atoms with Gasteiger partial charge in [0.2, 0.25) is 0 Å². The van der Waals surface area contributed by atoms with Crippen LogP contribution in [0.15, 0.2) is 0 Å². The highest BCUT2D eigenvalue weighted by molar-refractivity contribution is 4.90. The van der Waals surface area contributed by atoms with E-state index in [-0.39, 0.29) is 0 Å². The van der Waals surface area contributed by atoms with Gasteiger partial charge in [0, 0.05) is 12.5 Å². The first kappa shape index (κ1) is 7.56. The first-order valence-electron chi connectivity index (χ1n) is 4.45. The fourth-order valence-corrected chi connectivity index (χ4v) is 2.12. The van der Waals surface area contributed by atoms with Gasteiger partial charge in [0.05, 0.1) is 19.3 Å². The number of hydrogen-bond acceptors (Lipinski definition) is 2. The zero-order chi connectivity index (χ0) is 7.73. The molecule has 0 unspecified atom stereocenters. The molecule has 0 aromatic carbocycles. The summed E-state index contributed by atoms with van der Waals surface area (Å²) in [6.45, 7) is 2.01. The van der Waals surface area contributed by atoms with E-state index in [0.717, 1.165) is 13.2 Å². The molecule has 0 radical (unpaired) electrons. The average molecular weight is 156 g/mol. The molecule has 1 aliphatic heterocycles. The van der Waals surface area contributed by atoms with Crippen LogP contribution in [0.5, 0.6) is 0 Å². The van der Waals surface area contributed by atoms with Gasteiger partial charge in [-0.15, -0.1) is 0 Å². The minimum absolute atomic E-state index is 0.529. The van der Waals surface area contributed by atoms with Gasteiger partial charge in [-0.3, -0.25) is 0 Å². The van der Waals surface area contributed by atoms with Gasteiger partial charge in [-0.2, -0.15) is 0 Å². The number of ether oxygens (including phenoxy) is 2. The Balaban J connectivity index is 1.84. The molecule has 11 heavy (non-hydrogen) atoms. The SMILES string of the molecule is COC1CCC2(CC1)COC2. The molecule has 64 valence electrons. The van der Waals surface area contributed by atoms with Crippen molar-refractivity contribution in [2.45, 2.75) is 31.8 Å². The summed E-state index contributed by atoms with van der Waals surface area (Å²) in [6.07, 6.45) is 5.62. The number of hydrogen-bond donors (Lipinski definition) is 0. The molecule has 1 heterocycles. The van der Waals surface area contributed by atoms with Gasteiger partial charge in [0.1, 0.15) is 0 Å². The minimum atomic E-state index is 0.529. The van der Waals surface area contributed by atoms with E-state index in [2.05, 4.69) is 0 Å². The van der Waals surface area contributed by atoms with Crippen molar-refractivity contribution in [1.82, 2.24) is 0 Å². The monoisotopic (exact) mass is 156 g/mol. The second-order valence-corrected chi connectivity index (χ2v) is 3.93. The van der Waals surface area contributed by atoms with Gasteiger partial charge < -0.3 is 9.47 Å². The Kier molecular flexibility index (Phi) is 1.90.